The number of benzene rings is 1. The predicted molar refractivity (Wildman–Crippen MR) is 85.4 cm³/mol. The molecule has 0 saturated carbocycles. The summed E-state index contributed by atoms with van der Waals surface area (Å²) >= 11 is 0. The summed E-state index contributed by atoms with van der Waals surface area (Å²) in [6.07, 6.45) is 1.01. The normalized spacial score (nSPS) is 12.4. The van der Waals surface area contributed by atoms with Gasteiger partial charge in [-0.3, -0.25) is 4.79 Å². The van der Waals surface area contributed by atoms with E-state index in [2.05, 4.69) is 40.4 Å². The fourth-order valence-corrected chi connectivity index (χ4v) is 2.69. The quantitative estimate of drug-likeness (QED) is 0.888. The second kappa shape index (κ2) is 6.68. The highest BCUT2D eigenvalue weighted by Crippen LogP contribution is 2.14. The van der Waals surface area contributed by atoms with Crippen molar-refractivity contribution in [2.45, 2.75) is 46.7 Å². The van der Waals surface area contributed by atoms with Crippen LogP contribution in [-0.2, 0) is 13.0 Å². The number of aromatic amines is 1. The number of hydrogen-bond donors (Lipinski definition) is 2. The van der Waals surface area contributed by atoms with Gasteiger partial charge in [-0.25, -0.2) is 4.98 Å². The summed E-state index contributed by atoms with van der Waals surface area (Å²) in [5.41, 5.74) is 4.07. The SMILES string of the molecule is CCc1ccccc1CNC(C)c1c(C)nc(C)[nH]c1=O. The molecule has 1 aromatic carbocycles. The Kier molecular flexibility index (Phi) is 4.91. The van der Waals surface area contributed by atoms with Crippen LogP contribution < -0.4 is 10.9 Å². The zero-order valence-corrected chi connectivity index (χ0v) is 13.2. The maximum Gasteiger partial charge on any atom is 0.255 e. The van der Waals surface area contributed by atoms with E-state index in [1.54, 1.807) is 6.92 Å². The van der Waals surface area contributed by atoms with E-state index in [0.717, 1.165) is 24.2 Å². The molecule has 1 heterocycles. The molecule has 0 radical (unpaired) electrons. The fraction of sp³-hybridized carbons (Fsp3) is 0.412. The molecule has 0 spiro atoms. The first-order valence-corrected chi connectivity index (χ1v) is 7.40. The summed E-state index contributed by atoms with van der Waals surface area (Å²) in [6, 6.07) is 8.35. The standard InChI is InChI=1S/C17H23N3O/c1-5-14-8-6-7-9-15(14)10-18-11(2)16-12(3)19-13(4)20-17(16)21/h6-9,11,18H,5,10H2,1-4H3,(H,19,20,21). The van der Waals surface area contributed by atoms with E-state index in [0.29, 0.717) is 5.82 Å². The van der Waals surface area contributed by atoms with Crippen LogP contribution in [0.2, 0.25) is 0 Å². The number of rotatable bonds is 5. The van der Waals surface area contributed by atoms with Gasteiger partial charge in [0.25, 0.3) is 5.56 Å². The van der Waals surface area contributed by atoms with Crippen molar-refractivity contribution in [1.29, 1.82) is 0 Å². The highest BCUT2D eigenvalue weighted by molar-refractivity contribution is 5.27. The van der Waals surface area contributed by atoms with Crippen molar-refractivity contribution in [3.63, 3.8) is 0 Å². The van der Waals surface area contributed by atoms with Crippen LogP contribution in [0.15, 0.2) is 29.1 Å². The Hall–Kier alpha value is -1.94. The molecule has 0 aliphatic rings. The smallest absolute Gasteiger partial charge is 0.255 e. The molecule has 4 heteroatoms. The number of aromatic nitrogens is 2. The maximum atomic E-state index is 12.1. The molecule has 2 rings (SSSR count). The van der Waals surface area contributed by atoms with E-state index < -0.39 is 0 Å². The highest BCUT2D eigenvalue weighted by Gasteiger charge is 2.14. The van der Waals surface area contributed by atoms with Crippen molar-refractivity contribution in [2.75, 3.05) is 0 Å². The van der Waals surface area contributed by atoms with Gasteiger partial charge in [-0.1, -0.05) is 31.2 Å². The Morgan fingerprint density at radius 1 is 1.24 bits per heavy atom. The van der Waals surface area contributed by atoms with E-state index >= 15 is 0 Å². The fourth-order valence-electron chi connectivity index (χ4n) is 2.69. The first-order chi connectivity index (χ1) is 10.0. The van der Waals surface area contributed by atoms with Gasteiger partial charge in [-0.2, -0.15) is 0 Å². The summed E-state index contributed by atoms with van der Waals surface area (Å²) in [4.78, 5) is 19.2. The topological polar surface area (TPSA) is 57.8 Å². The molecule has 0 aliphatic heterocycles. The van der Waals surface area contributed by atoms with Crippen LogP contribution in [0.1, 0.15) is 48.1 Å². The van der Waals surface area contributed by atoms with Gasteiger partial charge in [0.2, 0.25) is 0 Å². The molecule has 0 amide bonds. The Morgan fingerprint density at radius 2 is 1.90 bits per heavy atom. The van der Waals surface area contributed by atoms with Gasteiger partial charge >= 0.3 is 0 Å². The summed E-state index contributed by atoms with van der Waals surface area (Å²) in [7, 11) is 0. The van der Waals surface area contributed by atoms with E-state index in [9.17, 15) is 4.79 Å². The van der Waals surface area contributed by atoms with Crippen LogP contribution in [0.5, 0.6) is 0 Å². The van der Waals surface area contributed by atoms with E-state index in [4.69, 9.17) is 0 Å². The lowest BCUT2D eigenvalue weighted by Crippen LogP contribution is -2.28. The zero-order chi connectivity index (χ0) is 15.4. The number of nitrogens with one attached hydrogen (secondary N) is 2. The van der Waals surface area contributed by atoms with Gasteiger partial charge in [0.05, 0.1) is 5.56 Å². The minimum Gasteiger partial charge on any atom is -0.310 e. The van der Waals surface area contributed by atoms with Crippen LogP contribution in [0.25, 0.3) is 0 Å². The van der Waals surface area contributed by atoms with Gasteiger partial charge < -0.3 is 10.3 Å². The molecule has 0 aliphatic carbocycles. The first-order valence-electron chi connectivity index (χ1n) is 7.40. The van der Waals surface area contributed by atoms with Crippen molar-refractivity contribution >= 4 is 0 Å². The summed E-state index contributed by atoms with van der Waals surface area (Å²) < 4.78 is 0. The molecule has 0 saturated heterocycles. The van der Waals surface area contributed by atoms with Crippen LogP contribution in [0.4, 0.5) is 0 Å². The molecule has 0 bridgehead atoms. The molecular formula is C17H23N3O. The summed E-state index contributed by atoms with van der Waals surface area (Å²) in [6.45, 7) is 8.59. The second-order valence-electron chi connectivity index (χ2n) is 5.38. The lowest BCUT2D eigenvalue weighted by molar-refractivity contribution is 0.560. The molecule has 1 atom stereocenters. The monoisotopic (exact) mass is 285 g/mol. The zero-order valence-electron chi connectivity index (χ0n) is 13.2. The van der Waals surface area contributed by atoms with Crippen molar-refractivity contribution in [2.24, 2.45) is 0 Å². The third-order valence-electron chi connectivity index (χ3n) is 3.80. The highest BCUT2D eigenvalue weighted by atomic mass is 16.1. The van der Waals surface area contributed by atoms with Gasteiger partial charge in [-0.15, -0.1) is 0 Å². The number of hydrogen-bond acceptors (Lipinski definition) is 3. The minimum absolute atomic E-state index is 0.0354. The molecule has 112 valence electrons. The van der Waals surface area contributed by atoms with Crippen LogP contribution in [-0.4, -0.2) is 9.97 Å². The lowest BCUT2D eigenvalue weighted by atomic mass is 10.0. The Balaban J connectivity index is 2.16. The first kappa shape index (κ1) is 15.4. The van der Waals surface area contributed by atoms with E-state index in [1.165, 1.54) is 11.1 Å². The number of aryl methyl sites for hydroxylation is 3. The molecule has 2 aromatic rings. The lowest BCUT2D eigenvalue weighted by Gasteiger charge is -2.16. The molecule has 2 N–H and O–H groups in total. The van der Waals surface area contributed by atoms with Crippen molar-refractivity contribution in [3.8, 4) is 0 Å². The van der Waals surface area contributed by atoms with Crippen molar-refractivity contribution in [3.05, 3.63) is 62.8 Å². The van der Waals surface area contributed by atoms with Crippen molar-refractivity contribution in [1.82, 2.24) is 15.3 Å². The van der Waals surface area contributed by atoms with Gasteiger partial charge in [0.1, 0.15) is 5.82 Å². The molecule has 21 heavy (non-hydrogen) atoms. The Morgan fingerprint density at radius 3 is 2.52 bits per heavy atom. The third kappa shape index (κ3) is 3.58. The minimum atomic E-state index is -0.0521. The average molecular weight is 285 g/mol. The molecular weight excluding hydrogens is 262 g/mol. The van der Waals surface area contributed by atoms with Crippen molar-refractivity contribution < 1.29 is 0 Å². The van der Waals surface area contributed by atoms with Crippen LogP contribution in [0, 0.1) is 13.8 Å². The molecule has 4 nitrogen and oxygen atoms in total. The number of nitrogens with zero attached hydrogens (tertiary/aromatic N) is 1. The Bertz CT molecular complexity index is 676. The molecule has 0 fully saturated rings. The second-order valence-corrected chi connectivity index (χ2v) is 5.38. The predicted octanol–water partition coefficient (Wildman–Crippen LogP) is 2.80. The van der Waals surface area contributed by atoms with Crippen LogP contribution in [0.3, 0.4) is 0 Å². The number of H-pyrrole nitrogens is 1. The average Bonchev–Trinajstić information content (AvgIpc) is 2.44. The van der Waals surface area contributed by atoms with Gasteiger partial charge in [0.15, 0.2) is 0 Å². The van der Waals surface area contributed by atoms with E-state index in [1.807, 2.05) is 19.9 Å². The third-order valence-corrected chi connectivity index (χ3v) is 3.80. The maximum absolute atomic E-state index is 12.1. The summed E-state index contributed by atoms with van der Waals surface area (Å²) in [5.74, 6) is 0.657. The largest absolute Gasteiger partial charge is 0.310 e. The van der Waals surface area contributed by atoms with E-state index in [-0.39, 0.29) is 11.6 Å². The van der Waals surface area contributed by atoms with Gasteiger partial charge in [0, 0.05) is 18.3 Å². The van der Waals surface area contributed by atoms with Crippen LogP contribution >= 0.6 is 0 Å². The Labute approximate surface area is 125 Å². The molecule has 1 unspecified atom stereocenters. The van der Waals surface area contributed by atoms with Gasteiger partial charge in [-0.05, 0) is 38.3 Å². The summed E-state index contributed by atoms with van der Waals surface area (Å²) in [5, 5.41) is 3.43. The molecule has 1 aromatic heterocycles.